The summed E-state index contributed by atoms with van der Waals surface area (Å²) in [7, 11) is 0. The number of rotatable bonds is 1. The SMILES string of the molecule is O=[N+]([O-])C1OCc2ccccc2O1. The second-order valence-corrected chi connectivity index (χ2v) is 2.63. The smallest absolute Gasteiger partial charge is 0.407 e. The van der Waals surface area contributed by atoms with Crippen molar-refractivity contribution < 1.29 is 14.4 Å². The van der Waals surface area contributed by atoms with Crippen LogP contribution in [0.1, 0.15) is 5.56 Å². The van der Waals surface area contributed by atoms with Crippen LogP contribution in [0, 0.1) is 10.1 Å². The summed E-state index contributed by atoms with van der Waals surface area (Å²) < 4.78 is 9.82. The van der Waals surface area contributed by atoms with Crippen LogP contribution < -0.4 is 4.74 Å². The average Bonchev–Trinajstić information content (AvgIpc) is 2.17. The molecular weight excluding hydrogens is 174 g/mol. The molecule has 13 heavy (non-hydrogen) atoms. The topological polar surface area (TPSA) is 61.6 Å². The monoisotopic (exact) mass is 181 g/mol. The van der Waals surface area contributed by atoms with Crippen LogP contribution >= 0.6 is 0 Å². The van der Waals surface area contributed by atoms with Crippen molar-refractivity contribution in [3.63, 3.8) is 0 Å². The van der Waals surface area contributed by atoms with Crippen molar-refractivity contribution in [1.29, 1.82) is 0 Å². The summed E-state index contributed by atoms with van der Waals surface area (Å²) in [5.74, 6) is 0.524. The molecule has 1 aliphatic rings. The predicted molar refractivity (Wildman–Crippen MR) is 42.6 cm³/mol. The van der Waals surface area contributed by atoms with Gasteiger partial charge in [0.05, 0.1) is 11.5 Å². The van der Waals surface area contributed by atoms with Crippen LogP contribution in [0.2, 0.25) is 0 Å². The lowest BCUT2D eigenvalue weighted by atomic mass is 10.2. The molecule has 0 bridgehead atoms. The van der Waals surface area contributed by atoms with E-state index in [2.05, 4.69) is 0 Å². The van der Waals surface area contributed by atoms with Crippen molar-refractivity contribution in [3.8, 4) is 5.75 Å². The maximum atomic E-state index is 10.3. The van der Waals surface area contributed by atoms with E-state index in [4.69, 9.17) is 9.47 Å². The Morgan fingerprint density at radius 2 is 2.23 bits per heavy atom. The fraction of sp³-hybridized carbons (Fsp3) is 0.250. The molecule has 68 valence electrons. The number of hydrogen-bond donors (Lipinski definition) is 0. The average molecular weight is 181 g/mol. The van der Waals surface area contributed by atoms with E-state index in [1.807, 2.05) is 12.1 Å². The van der Waals surface area contributed by atoms with Crippen molar-refractivity contribution >= 4 is 0 Å². The zero-order valence-electron chi connectivity index (χ0n) is 6.67. The van der Waals surface area contributed by atoms with E-state index < -0.39 is 11.3 Å². The molecule has 0 N–H and O–H groups in total. The largest absolute Gasteiger partial charge is 0.475 e. The van der Waals surface area contributed by atoms with E-state index in [1.54, 1.807) is 12.1 Å². The van der Waals surface area contributed by atoms with Crippen LogP contribution in [-0.4, -0.2) is 11.3 Å². The second-order valence-electron chi connectivity index (χ2n) is 2.63. The Kier molecular flexibility index (Phi) is 1.86. The number of ether oxygens (including phenoxy) is 2. The second kappa shape index (κ2) is 3.02. The molecule has 5 nitrogen and oxygen atoms in total. The van der Waals surface area contributed by atoms with E-state index in [0.717, 1.165) is 5.56 Å². The van der Waals surface area contributed by atoms with Gasteiger partial charge in [0.25, 0.3) is 0 Å². The van der Waals surface area contributed by atoms with E-state index in [1.165, 1.54) is 0 Å². The van der Waals surface area contributed by atoms with Crippen LogP contribution in [0.25, 0.3) is 0 Å². The van der Waals surface area contributed by atoms with Crippen LogP contribution in [0.15, 0.2) is 24.3 Å². The fourth-order valence-corrected chi connectivity index (χ4v) is 1.15. The minimum Gasteiger partial charge on any atom is -0.407 e. The first-order valence-electron chi connectivity index (χ1n) is 3.77. The minimum atomic E-state index is -1.37. The molecule has 1 atom stereocenters. The third-order valence-corrected chi connectivity index (χ3v) is 1.75. The summed E-state index contributed by atoms with van der Waals surface area (Å²) in [5, 5.41) is 10.3. The Morgan fingerprint density at radius 1 is 1.46 bits per heavy atom. The van der Waals surface area contributed by atoms with Crippen molar-refractivity contribution in [2.24, 2.45) is 0 Å². The van der Waals surface area contributed by atoms with Crippen LogP contribution in [0.4, 0.5) is 0 Å². The molecule has 0 saturated carbocycles. The molecule has 0 fully saturated rings. The molecule has 0 saturated heterocycles. The molecule has 1 aromatic carbocycles. The van der Waals surface area contributed by atoms with Gasteiger partial charge in [-0.3, -0.25) is 14.9 Å². The highest BCUT2D eigenvalue weighted by Gasteiger charge is 2.28. The fourth-order valence-electron chi connectivity index (χ4n) is 1.15. The lowest BCUT2D eigenvalue weighted by molar-refractivity contribution is -0.624. The Bertz CT molecular complexity index is 339. The standard InChI is InChI=1S/C8H7NO4/c10-9(11)8-12-5-6-3-1-2-4-7(6)13-8/h1-4,8H,5H2. The molecule has 0 radical (unpaired) electrons. The lowest BCUT2D eigenvalue weighted by Gasteiger charge is -2.19. The third kappa shape index (κ3) is 1.46. The quantitative estimate of drug-likeness (QED) is 0.481. The summed E-state index contributed by atoms with van der Waals surface area (Å²) in [6.45, 7) is 0.224. The highest BCUT2D eigenvalue weighted by Crippen LogP contribution is 2.25. The van der Waals surface area contributed by atoms with Gasteiger partial charge < -0.3 is 4.74 Å². The van der Waals surface area contributed by atoms with Crippen molar-refractivity contribution in [1.82, 2.24) is 0 Å². The number of para-hydroxylation sites is 1. The van der Waals surface area contributed by atoms with Gasteiger partial charge in [0.15, 0.2) is 0 Å². The lowest BCUT2D eigenvalue weighted by Crippen LogP contribution is -2.32. The van der Waals surface area contributed by atoms with Crippen LogP contribution in [0.3, 0.4) is 0 Å². The summed E-state index contributed by atoms with van der Waals surface area (Å²) in [6, 6.07) is 7.10. The van der Waals surface area contributed by atoms with Gasteiger partial charge in [-0.2, -0.15) is 0 Å². The first-order valence-corrected chi connectivity index (χ1v) is 3.77. The van der Waals surface area contributed by atoms with Crippen LogP contribution in [-0.2, 0) is 11.3 Å². The van der Waals surface area contributed by atoms with Crippen molar-refractivity contribution in [2.45, 2.75) is 13.0 Å². The molecule has 5 heteroatoms. The summed E-state index contributed by atoms with van der Waals surface area (Å²) in [6.07, 6.45) is -1.37. The van der Waals surface area contributed by atoms with Gasteiger partial charge in [0.1, 0.15) is 5.75 Å². The molecular formula is C8H7NO4. The molecule has 1 aliphatic heterocycles. The first-order chi connectivity index (χ1) is 6.27. The van der Waals surface area contributed by atoms with Gasteiger partial charge in [-0.25, -0.2) is 0 Å². The normalized spacial score (nSPS) is 20.2. The number of nitrogens with zero attached hydrogens (tertiary/aromatic N) is 1. The molecule has 0 spiro atoms. The van der Waals surface area contributed by atoms with Gasteiger partial charge in [-0.1, -0.05) is 18.2 Å². The van der Waals surface area contributed by atoms with Crippen molar-refractivity contribution in [2.75, 3.05) is 0 Å². The predicted octanol–water partition coefficient (Wildman–Crippen LogP) is 1.16. The highest BCUT2D eigenvalue weighted by molar-refractivity contribution is 5.33. The number of hydrogen-bond acceptors (Lipinski definition) is 4. The zero-order chi connectivity index (χ0) is 9.26. The first kappa shape index (κ1) is 8.00. The Labute approximate surface area is 74.0 Å². The molecule has 1 aromatic rings. The number of benzene rings is 1. The molecule has 2 rings (SSSR count). The van der Waals surface area contributed by atoms with Gasteiger partial charge >= 0.3 is 6.41 Å². The molecule has 1 heterocycles. The maximum absolute atomic E-state index is 10.3. The summed E-state index contributed by atoms with van der Waals surface area (Å²) >= 11 is 0. The number of fused-ring (bicyclic) bond motifs is 1. The summed E-state index contributed by atoms with van der Waals surface area (Å²) in [5.41, 5.74) is 0.834. The summed E-state index contributed by atoms with van der Waals surface area (Å²) in [4.78, 5) is 9.72. The van der Waals surface area contributed by atoms with Crippen LogP contribution in [0.5, 0.6) is 5.75 Å². The molecule has 0 aliphatic carbocycles. The maximum Gasteiger partial charge on any atom is 0.475 e. The van der Waals surface area contributed by atoms with E-state index in [-0.39, 0.29) is 6.61 Å². The third-order valence-electron chi connectivity index (χ3n) is 1.75. The molecule has 0 aromatic heterocycles. The van der Waals surface area contributed by atoms with E-state index >= 15 is 0 Å². The molecule has 1 unspecified atom stereocenters. The number of nitro groups is 1. The van der Waals surface area contributed by atoms with Gasteiger partial charge in [-0.05, 0) is 6.07 Å². The van der Waals surface area contributed by atoms with Gasteiger partial charge in [0.2, 0.25) is 0 Å². The Hall–Kier alpha value is -1.62. The van der Waals surface area contributed by atoms with Gasteiger partial charge in [-0.15, -0.1) is 0 Å². The van der Waals surface area contributed by atoms with Crippen molar-refractivity contribution in [3.05, 3.63) is 39.9 Å². The zero-order valence-corrected chi connectivity index (χ0v) is 6.67. The van der Waals surface area contributed by atoms with Gasteiger partial charge in [0, 0.05) is 5.56 Å². The Morgan fingerprint density at radius 3 is 3.00 bits per heavy atom. The van der Waals surface area contributed by atoms with E-state index in [0.29, 0.717) is 5.75 Å². The molecule has 0 amide bonds. The highest BCUT2D eigenvalue weighted by atomic mass is 16.8. The Balaban J connectivity index is 2.24. The minimum absolute atomic E-state index is 0.224. The van der Waals surface area contributed by atoms with E-state index in [9.17, 15) is 10.1 Å².